The fraction of sp³-hybridized carbons (Fsp3) is 0.600. The molecule has 4 nitrogen and oxygen atoms in total. The Morgan fingerprint density at radius 2 is 2.38 bits per heavy atom. The van der Waals surface area contributed by atoms with Crippen LogP contribution in [0, 0.1) is 0 Å². The Morgan fingerprint density at radius 3 is 3.00 bits per heavy atom. The summed E-state index contributed by atoms with van der Waals surface area (Å²) in [5, 5.41) is 3.87. The molecule has 16 heavy (non-hydrogen) atoms. The summed E-state index contributed by atoms with van der Waals surface area (Å²) in [6.45, 7) is 2.10. The molecule has 1 aromatic rings. The number of rotatable bonds is 2. The molecule has 1 saturated heterocycles. The lowest BCUT2D eigenvalue weighted by Crippen LogP contribution is -2.44. The molecule has 1 atom stereocenters. The molecular formula is C10H16Cl2N4. The topological polar surface area (TPSA) is 41.1 Å². The molecule has 0 unspecified atom stereocenters. The summed E-state index contributed by atoms with van der Waals surface area (Å²) in [5.41, 5.74) is 0. The fourth-order valence-electron chi connectivity index (χ4n) is 1.82. The molecule has 1 aliphatic rings. The van der Waals surface area contributed by atoms with Crippen molar-refractivity contribution in [3.63, 3.8) is 0 Å². The van der Waals surface area contributed by atoms with Crippen LogP contribution in [-0.2, 0) is 0 Å². The zero-order valence-corrected chi connectivity index (χ0v) is 10.8. The van der Waals surface area contributed by atoms with E-state index in [4.69, 9.17) is 11.6 Å². The summed E-state index contributed by atoms with van der Waals surface area (Å²) in [6.07, 6.45) is 4.08. The number of halogens is 2. The minimum atomic E-state index is 0. The second-order valence-corrected chi connectivity index (χ2v) is 4.18. The molecule has 90 valence electrons. The predicted octanol–water partition coefficient (Wildman–Crippen LogP) is 1.74. The molecule has 0 radical (unpaired) electrons. The molecule has 6 heteroatoms. The van der Waals surface area contributed by atoms with E-state index in [1.54, 1.807) is 12.3 Å². The number of anilines is 1. The molecule has 0 aromatic carbocycles. The molecule has 1 N–H and O–H groups in total. The summed E-state index contributed by atoms with van der Waals surface area (Å²) in [4.78, 5) is 10.5. The first-order valence-corrected chi connectivity index (χ1v) is 5.57. The molecule has 0 aliphatic carbocycles. The van der Waals surface area contributed by atoms with Gasteiger partial charge in [-0.3, -0.25) is 0 Å². The van der Waals surface area contributed by atoms with E-state index in [0.717, 1.165) is 13.1 Å². The van der Waals surface area contributed by atoms with Gasteiger partial charge in [0.1, 0.15) is 5.15 Å². The highest BCUT2D eigenvalue weighted by Gasteiger charge is 2.19. The van der Waals surface area contributed by atoms with Crippen molar-refractivity contribution >= 4 is 30.0 Å². The van der Waals surface area contributed by atoms with E-state index in [2.05, 4.69) is 20.2 Å². The van der Waals surface area contributed by atoms with Gasteiger partial charge in [-0.1, -0.05) is 11.6 Å². The van der Waals surface area contributed by atoms with Crippen LogP contribution in [0.3, 0.4) is 0 Å². The summed E-state index contributed by atoms with van der Waals surface area (Å²) in [7, 11) is 2.02. The van der Waals surface area contributed by atoms with Gasteiger partial charge in [-0.15, -0.1) is 12.4 Å². The first-order valence-electron chi connectivity index (χ1n) is 5.19. The lowest BCUT2D eigenvalue weighted by molar-refractivity contribution is 0.441. The van der Waals surface area contributed by atoms with Gasteiger partial charge < -0.3 is 10.2 Å². The second kappa shape index (κ2) is 6.23. The molecule has 2 rings (SSSR count). The average Bonchev–Trinajstić information content (AvgIpc) is 2.29. The Hall–Kier alpha value is -0.580. The smallest absolute Gasteiger partial charge is 0.226 e. The number of piperidine rings is 1. The van der Waals surface area contributed by atoms with Gasteiger partial charge in [0.05, 0.1) is 0 Å². The Bertz CT molecular complexity index is 328. The first-order chi connectivity index (χ1) is 7.27. The van der Waals surface area contributed by atoms with Gasteiger partial charge in [0.15, 0.2) is 0 Å². The first kappa shape index (κ1) is 13.5. The van der Waals surface area contributed by atoms with E-state index >= 15 is 0 Å². The molecule has 0 saturated carbocycles. The third-order valence-electron chi connectivity index (χ3n) is 2.74. The van der Waals surface area contributed by atoms with Crippen molar-refractivity contribution in [3.05, 3.63) is 17.4 Å². The number of hydrogen-bond acceptors (Lipinski definition) is 4. The molecule has 1 aliphatic heterocycles. The zero-order valence-electron chi connectivity index (χ0n) is 9.19. The molecule has 2 heterocycles. The van der Waals surface area contributed by atoms with Crippen molar-refractivity contribution in [2.75, 3.05) is 25.0 Å². The van der Waals surface area contributed by atoms with Crippen molar-refractivity contribution in [2.24, 2.45) is 0 Å². The number of hydrogen-bond donors (Lipinski definition) is 1. The number of aromatic nitrogens is 2. The Balaban J connectivity index is 0.00000128. The fourth-order valence-corrected chi connectivity index (χ4v) is 1.96. The maximum atomic E-state index is 5.83. The molecule has 1 aromatic heterocycles. The van der Waals surface area contributed by atoms with Crippen molar-refractivity contribution in [1.29, 1.82) is 0 Å². The van der Waals surface area contributed by atoms with Crippen LogP contribution in [0.1, 0.15) is 12.8 Å². The van der Waals surface area contributed by atoms with Crippen LogP contribution >= 0.6 is 24.0 Å². The Labute approximate surface area is 107 Å². The summed E-state index contributed by atoms with van der Waals surface area (Å²) in [5.74, 6) is 0.705. The number of nitrogens with zero attached hydrogens (tertiary/aromatic N) is 3. The van der Waals surface area contributed by atoms with Crippen LogP contribution in [0.5, 0.6) is 0 Å². The largest absolute Gasteiger partial charge is 0.340 e. The third kappa shape index (κ3) is 3.20. The summed E-state index contributed by atoms with van der Waals surface area (Å²) < 4.78 is 0. The zero-order chi connectivity index (χ0) is 10.7. The minimum absolute atomic E-state index is 0. The van der Waals surface area contributed by atoms with E-state index in [1.165, 1.54) is 12.8 Å². The molecule has 0 amide bonds. The van der Waals surface area contributed by atoms with Crippen molar-refractivity contribution in [1.82, 2.24) is 15.3 Å². The van der Waals surface area contributed by atoms with E-state index in [1.807, 2.05) is 7.05 Å². The normalized spacial score (nSPS) is 20.0. The maximum Gasteiger partial charge on any atom is 0.226 e. The van der Waals surface area contributed by atoms with Crippen LogP contribution in [0.15, 0.2) is 12.3 Å². The predicted molar refractivity (Wildman–Crippen MR) is 68.6 cm³/mol. The van der Waals surface area contributed by atoms with Crippen molar-refractivity contribution < 1.29 is 0 Å². The van der Waals surface area contributed by atoms with Gasteiger partial charge in [0.25, 0.3) is 0 Å². The van der Waals surface area contributed by atoms with Gasteiger partial charge in [0, 0.05) is 25.8 Å². The highest BCUT2D eigenvalue weighted by atomic mass is 35.5. The van der Waals surface area contributed by atoms with E-state index in [0.29, 0.717) is 17.1 Å². The van der Waals surface area contributed by atoms with Crippen LogP contribution in [0.4, 0.5) is 5.95 Å². The van der Waals surface area contributed by atoms with Crippen LogP contribution in [0.25, 0.3) is 0 Å². The van der Waals surface area contributed by atoms with E-state index in [9.17, 15) is 0 Å². The lowest BCUT2D eigenvalue weighted by atomic mass is 10.1. The third-order valence-corrected chi connectivity index (χ3v) is 2.95. The Kier molecular flexibility index (Phi) is 5.25. The monoisotopic (exact) mass is 262 g/mol. The quantitative estimate of drug-likeness (QED) is 0.825. The van der Waals surface area contributed by atoms with Gasteiger partial charge in [0.2, 0.25) is 5.95 Å². The van der Waals surface area contributed by atoms with Gasteiger partial charge in [-0.05, 0) is 25.5 Å². The van der Waals surface area contributed by atoms with Gasteiger partial charge in [-0.25, -0.2) is 9.97 Å². The van der Waals surface area contributed by atoms with E-state index in [-0.39, 0.29) is 12.4 Å². The second-order valence-electron chi connectivity index (χ2n) is 3.79. The van der Waals surface area contributed by atoms with Crippen molar-refractivity contribution in [3.8, 4) is 0 Å². The van der Waals surface area contributed by atoms with Crippen LogP contribution in [0.2, 0.25) is 5.15 Å². The molecule has 0 spiro atoms. The molecular weight excluding hydrogens is 247 g/mol. The number of nitrogens with one attached hydrogen (secondary N) is 1. The van der Waals surface area contributed by atoms with E-state index < -0.39 is 0 Å². The molecule has 0 bridgehead atoms. The van der Waals surface area contributed by atoms with Crippen LogP contribution in [-0.4, -0.2) is 36.1 Å². The highest BCUT2D eigenvalue weighted by Crippen LogP contribution is 2.15. The van der Waals surface area contributed by atoms with Crippen LogP contribution < -0.4 is 10.2 Å². The highest BCUT2D eigenvalue weighted by molar-refractivity contribution is 6.29. The molecule has 1 fully saturated rings. The maximum absolute atomic E-state index is 5.83. The summed E-state index contributed by atoms with van der Waals surface area (Å²) in [6, 6.07) is 2.16. The van der Waals surface area contributed by atoms with Gasteiger partial charge in [-0.2, -0.15) is 0 Å². The number of likely N-dealkylation sites (N-methyl/N-ethyl adjacent to an activating group) is 1. The SMILES string of the molecule is CN(c1nccc(Cl)n1)[C@@H]1CCCNC1.Cl. The van der Waals surface area contributed by atoms with Crippen molar-refractivity contribution in [2.45, 2.75) is 18.9 Å². The standard InChI is InChI=1S/C10H15ClN4.ClH/c1-15(8-3-2-5-12-7-8)10-13-6-4-9(11)14-10;/h4,6,8,12H,2-3,5,7H2,1H3;1H/t8-;/m1./s1. The van der Waals surface area contributed by atoms with Gasteiger partial charge >= 0.3 is 0 Å². The summed E-state index contributed by atoms with van der Waals surface area (Å²) >= 11 is 5.83. The Morgan fingerprint density at radius 1 is 1.56 bits per heavy atom. The average molecular weight is 263 g/mol. The minimum Gasteiger partial charge on any atom is -0.340 e. The lowest BCUT2D eigenvalue weighted by Gasteiger charge is -2.31.